The van der Waals surface area contributed by atoms with Crippen molar-refractivity contribution in [1.82, 2.24) is 4.57 Å². The van der Waals surface area contributed by atoms with Crippen LogP contribution in [0.2, 0.25) is 0 Å². The Morgan fingerprint density at radius 2 is 1.16 bits per heavy atom. The first kappa shape index (κ1) is 31.5. The molecule has 1 aromatic heterocycles. The normalized spacial score (nSPS) is 10.6. The number of hydrogen-bond donors (Lipinski definition) is 0. The molecule has 0 aliphatic heterocycles. The number of esters is 2. The Morgan fingerprint density at radius 3 is 1.71 bits per heavy atom. The molecule has 7 nitrogen and oxygen atoms in total. The largest absolute Gasteiger partial charge is 0.465 e. The van der Waals surface area contributed by atoms with Gasteiger partial charge in [0.05, 0.1) is 36.6 Å². The molecule has 0 N–H and O–H groups in total. The molecular formula is C37H30INO6. The molecule has 226 valence electrons. The van der Waals surface area contributed by atoms with Gasteiger partial charge in [-0.15, -0.1) is 0 Å². The summed E-state index contributed by atoms with van der Waals surface area (Å²) in [6.45, 7) is 4.07. The molecule has 0 radical (unpaired) electrons. The third-order valence-electron chi connectivity index (χ3n) is 7.17. The van der Waals surface area contributed by atoms with Crippen LogP contribution in [0.25, 0.3) is 39.0 Å². The first-order chi connectivity index (χ1) is 21.7. The van der Waals surface area contributed by atoms with Crippen molar-refractivity contribution in [2.24, 2.45) is 0 Å². The Labute approximate surface area is 274 Å². The number of benzene rings is 5. The smallest absolute Gasteiger partial charge is 0.424 e. The van der Waals surface area contributed by atoms with Gasteiger partial charge >= 0.3 is 17.7 Å². The number of ether oxygens (including phenoxy) is 2. The summed E-state index contributed by atoms with van der Waals surface area (Å²) in [6.07, 6.45) is 0. The number of fused-ring (bicyclic) bond motifs is 1. The van der Waals surface area contributed by atoms with Gasteiger partial charge in [-0.3, -0.25) is 0 Å². The number of methoxy groups -OCH3 is 2. The van der Waals surface area contributed by atoms with Gasteiger partial charge in [0.15, 0.2) is 5.58 Å². The maximum atomic E-state index is 12.5. The predicted molar refractivity (Wildman–Crippen MR) is 184 cm³/mol. The second-order valence-electron chi connectivity index (χ2n) is 10.4. The van der Waals surface area contributed by atoms with E-state index in [1.165, 1.54) is 24.4 Å². The van der Waals surface area contributed by atoms with Crippen LogP contribution >= 0.6 is 22.6 Å². The Hall–Kier alpha value is -4.96. The highest BCUT2D eigenvalue weighted by molar-refractivity contribution is 14.1. The number of carbonyl (C=O) groups is 2. The predicted octanol–water partition coefficient (Wildman–Crippen LogP) is 8.40. The highest BCUT2D eigenvalue weighted by Gasteiger charge is 2.16. The van der Waals surface area contributed by atoms with E-state index in [0.29, 0.717) is 27.9 Å². The first-order valence-electron chi connectivity index (χ1n) is 14.0. The van der Waals surface area contributed by atoms with E-state index in [9.17, 15) is 14.4 Å². The van der Waals surface area contributed by atoms with Gasteiger partial charge in [-0.2, -0.15) is 0 Å². The average Bonchev–Trinajstić information content (AvgIpc) is 3.40. The van der Waals surface area contributed by atoms with Crippen LogP contribution in [0.3, 0.4) is 0 Å². The zero-order valence-corrected chi connectivity index (χ0v) is 27.3. The van der Waals surface area contributed by atoms with E-state index in [-0.39, 0.29) is 5.97 Å². The van der Waals surface area contributed by atoms with Crippen molar-refractivity contribution in [3.63, 3.8) is 0 Å². The number of rotatable bonds is 5. The standard InChI is InChI=1S/C22H17NO4.C15H13IO2/c1-14-7-9-15(10-8-14)16-11-17(21(24)26-2)13-18(12-16)23-19-5-3-4-6-20(19)27-22(23)25;1-10-3-5-11(6-4-10)12-7-13(15(17)18-2)9-14(16)8-12/h3-13H,1-2H3;3-9H,1-2H3. The van der Waals surface area contributed by atoms with Crippen LogP contribution in [0.5, 0.6) is 0 Å². The molecule has 1 heterocycles. The average molecular weight is 712 g/mol. The summed E-state index contributed by atoms with van der Waals surface area (Å²) in [4.78, 5) is 36.2. The third-order valence-corrected chi connectivity index (χ3v) is 7.79. The Bertz CT molecular complexity index is 2060. The maximum Gasteiger partial charge on any atom is 0.424 e. The minimum absolute atomic E-state index is 0.304. The lowest BCUT2D eigenvalue weighted by molar-refractivity contribution is 0.0592. The zero-order valence-electron chi connectivity index (χ0n) is 25.2. The fourth-order valence-corrected chi connectivity index (χ4v) is 5.51. The van der Waals surface area contributed by atoms with Crippen molar-refractivity contribution in [1.29, 1.82) is 0 Å². The van der Waals surface area contributed by atoms with Gasteiger partial charge in [0.2, 0.25) is 0 Å². The number of para-hydroxylation sites is 2. The highest BCUT2D eigenvalue weighted by Crippen LogP contribution is 2.27. The molecule has 0 atom stereocenters. The number of halogens is 1. The molecule has 0 spiro atoms. The van der Waals surface area contributed by atoms with Crippen LogP contribution in [0, 0.1) is 17.4 Å². The van der Waals surface area contributed by atoms with Crippen molar-refractivity contribution in [3.8, 4) is 27.9 Å². The lowest BCUT2D eigenvalue weighted by atomic mass is 10.0. The summed E-state index contributed by atoms with van der Waals surface area (Å²) < 4.78 is 17.5. The summed E-state index contributed by atoms with van der Waals surface area (Å²) in [5.41, 5.74) is 8.86. The van der Waals surface area contributed by atoms with Crippen LogP contribution in [0.1, 0.15) is 31.8 Å². The molecule has 0 saturated heterocycles. The molecule has 45 heavy (non-hydrogen) atoms. The van der Waals surface area contributed by atoms with Crippen molar-refractivity contribution in [3.05, 3.63) is 146 Å². The zero-order chi connectivity index (χ0) is 32.1. The van der Waals surface area contributed by atoms with E-state index >= 15 is 0 Å². The van der Waals surface area contributed by atoms with E-state index in [0.717, 1.165) is 31.4 Å². The minimum Gasteiger partial charge on any atom is -0.465 e. The summed E-state index contributed by atoms with van der Waals surface area (Å²) in [5, 5.41) is 0. The summed E-state index contributed by atoms with van der Waals surface area (Å²) in [6, 6.07) is 34.4. The second kappa shape index (κ2) is 13.8. The van der Waals surface area contributed by atoms with Crippen molar-refractivity contribution < 1.29 is 23.5 Å². The lowest BCUT2D eigenvalue weighted by Crippen LogP contribution is -2.13. The second-order valence-corrected chi connectivity index (χ2v) is 11.6. The van der Waals surface area contributed by atoms with Crippen LogP contribution in [0.15, 0.2) is 118 Å². The van der Waals surface area contributed by atoms with Crippen LogP contribution in [0.4, 0.5) is 0 Å². The molecule has 5 aromatic carbocycles. The van der Waals surface area contributed by atoms with E-state index in [2.05, 4.69) is 59.8 Å². The lowest BCUT2D eigenvalue weighted by Gasteiger charge is -2.10. The van der Waals surface area contributed by atoms with Gasteiger partial charge in [-0.1, -0.05) is 71.8 Å². The molecule has 0 amide bonds. The molecule has 8 heteroatoms. The summed E-state index contributed by atoms with van der Waals surface area (Å²) >= 11 is 2.21. The number of oxazole rings is 1. The molecule has 6 aromatic rings. The number of hydrogen-bond acceptors (Lipinski definition) is 6. The Morgan fingerprint density at radius 1 is 0.644 bits per heavy atom. The van der Waals surface area contributed by atoms with Gasteiger partial charge in [-0.25, -0.2) is 19.0 Å². The fourth-order valence-electron chi connectivity index (χ4n) is 4.84. The molecule has 0 aliphatic rings. The summed E-state index contributed by atoms with van der Waals surface area (Å²) in [5.74, 6) is -1.28. The highest BCUT2D eigenvalue weighted by atomic mass is 127. The SMILES string of the molecule is COC(=O)c1cc(-c2ccc(C)cc2)cc(-n2c(=O)oc3ccccc32)c1.COC(=O)c1cc(I)cc(-c2ccc(C)cc2)c1. The van der Waals surface area contributed by atoms with Gasteiger partial charge in [0.25, 0.3) is 0 Å². The number of aryl methyl sites for hydroxylation is 2. The molecule has 0 saturated carbocycles. The van der Waals surface area contributed by atoms with Crippen LogP contribution < -0.4 is 5.76 Å². The molecule has 6 rings (SSSR count). The number of carbonyl (C=O) groups excluding carboxylic acids is 2. The monoisotopic (exact) mass is 711 g/mol. The molecular weight excluding hydrogens is 681 g/mol. The van der Waals surface area contributed by atoms with E-state index in [1.807, 2.05) is 55.5 Å². The van der Waals surface area contributed by atoms with E-state index in [4.69, 9.17) is 13.9 Å². The van der Waals surface area contributed by atoms with Crippen LogP contribution in [-0.4, -0.2) is 30.7 Å². The van der Waals surface area contributed by atoms with Gasteiger partial charge in [0, 0.05) is 3.57 Å². The third kappa shape index (κ3) is 7.24. The first-order valence-corrected chi connectivity index (χ1v) is 15.1. The van der Waals surface area contributed by atoms with Gasteiger partial charge in [0.1, 0.15) is 0 Å². The molecule has 0 bridgehead atoms. The van der Waals surface area contributed by atoms with Crippen molar-refractivity contribution in [2.45, 2.75) is 13.8 Å². The fraction of sp³-hybridized carbons (Fsp3) is 0.108. The number of nitrogens with zero attached hydrogens (tertiary/aromatic N) is 1. The quantitative estimate of drug-likeness (QED) is 0.132. The Balaban J connectivity index is 0.000000194. The van der Waals surface area contributed by atoms with E-state index in [1.54, 1.807) is 30.3 Å². The van der Waals surface area contributed by atoms with Gasteiger partial charge < -0.3 is 13.9 Å². The van der Waals surface area contributed by atoms with Crippen molar-refractivity contribution >= 4 is 45.6 Å². The number of aromatic nitrogens is 1. The molecule has 0 fully saturated rings. The van der Waals surface area contributed by atoms with Gasteiger partial charge in [-0.05, 0) is 107 Å². The minimum atomic E-state index is -0.506. The van der Waals surface area contributed by atoms with Crippen LogP contribution in [-0.2, 0) is 9.47 Å². The van der Waals surface area contributed by atoms with E-state index < -0.39 is 11.7 Å². The topological polar surface area (TPSA) is 87.7 Å². The summed E-state index contributed by atoms with van der Waals surface area (Å²) in [7, 11) is 2.73. The molecule has 0 unspecified atom stereocenters. The molecule has 0 aliphatic carbocycles. The Kier molecular flexibility index (Phi) is 9.63. The maximum absolute atomic E-state index is 12.5. The van der Waals surface area contributed by atoms with Crippen molar-refractivity contribution in [2.75, 3.05) is 14.2 Å².